The van der Waals surface area contributed by atoms with Crippen LogP contribution in [0.3, 0.4) is 0 Å². The fourth-order valence-corrected chi connectivity index (χ4v) is 5.79. The van der Waals surface area contributed by atoms with Crippen LogP contribution in [0, 0.1) is 0 Å². The molecule has 1 saturated heterocycles. The monoisotopic (exact) mass is 409 g/mol. The topological polar surface area (TPSA) is 63.2 Å². The number of rotatable bonds is 5. The number of aryl methyl sites for hydroxylation is 2. The van der Waals surface area contributed by atoms with Crippen molar-refractivity contribution >= 4 is 27.4 Å². The van der Waals surface area contributed by atoms with Crippen LogP contribution in [-0.2, 0) is 17.6 Å². The van der Waals surface area contributed by atoms with Gasteiger partial charge in [0.1, 0.15) is 10.6 Å². The molecular formula is C22H27N5OS. The summed E-state index contributed by atoms with van der Waals surface area (Å²) in [4.78, 5) is 19.1. The molecule has 3 aromatic heterocycles. The van der Waals surface area contributed by atoms with Crippen molar-refractivity contribution in [3.8, 4) is 11.4 Å². The minimum absolute atomic E-state index is 0.0865. The molecule has 3 aromatic rings. The molecular weight excluding hydrogens is 382 g/mol. The molecule has 0 aromatic carbocycles. The number of aromatic nitrogens is 3. The van der Waals surface area contributed by atoms with E-state index in [1.807, 2.05) is 29.7 Å². The Morgan fingerprint density at radius 1 is 1.21 bits per heavy atom. The van der Waals surface area contributed by atoms with Crippen LogP contribution in [0.1, 0.15) is 29.7 Å². The van der Waals surface area contributed by atoms with Gasteiger partial charge in [-0.2, -0.15) is 0 Å². The van der Waals surface area contributed by atoms with Gasteiger partial charge in [-0.1, -0.05) is 0 Å². The van der Waals surface area contributed by atoms with Gasteiger partial charge in [-0.25, -0.2) is 9.97 Å². The molecule has 0 saturated carbocycles. The van der Waals surface area contributed by atoms with Crippen molar-refractivity contribution in [3.05, 3.63) is 35.0 Å². The molecule has 1 aliphatic heterocycles. The van der Waals surface area contributed by atoms with Crippen molar-refractivity contribution in [1.29, 1.82) is 0 Å². The minimum Gasteiger partial charge on any atom is -0.381 e. The normalized spacial score (nSPS) is 18.3. The summed E-state index contributed by atoms with van der Waals surface area (Å²) >= 11 is 1.83. The Morgan fingerprint density at radius 2 is 2.07 bits per heavy atom. The van der Waals surface area contributed by atoms with E-state index >= 15 is 0 Å². The maximum Gasteiger partial charge on any atom is 0.164 e. The van der Waals surface area contributed by atoms with Crippen molar-refractivity contribution in [1.82, 2.24) is 19.9 Å². The van der Waals surface area contributed by atoms with Gasteiger partial charge in [0.2, 0.25) is 0 Å². The zero-order valence-electron chi connectivity index (χ0n) is 17.1. The molecule has 0 spiro atoms. The van der Waals surface area contributed by atoms with Crippen molar-refractivity contribution < 1.29 is 4.74 Å². The number of nitrogens with one attached hydrogen (secondary N) is 1. The van der Waals surface area contributed by atoms with Crippen LogP contribution >= 0.6 is 11.3 Å². The lowest BCUT2D eigenvalue weighted by atomic mass is 9.88. The van der Waals surface area contributed by atoms with E-state index in [1.54, 1.807) is 6.20 Å². The fourth-order valence-electron chi connectivity index (χ4n) is 4.53. The SMILES string of the molecule is CN(C)C1(CNc2nc(-c3cccnc3)nc3sc4c(c23)CCC4)CCOCC1. The van der Waals surface area contributed by atoms with Crippen LogP contribution in [0.5, 0.6) is 0 Å². The number of ether oxygens (including phenoxy) is 1. The Hall–Kier alpha value is -2.09. The van der Waals surface area contributed by atoms with Crippen molar-refractivity contribution in [2.75, 3.05) is 39.2 Å². The van der Waals surface area contributed by atoms with Crippen LogP contribution in [0.25, 0.3) is 21.6 Å². The molecule has 5 rings (SSSR count). The fraction of sp³-hybridized carbons (Fsp3) is 0.500. The predicted octanol–water partition coefficient (Wildman–Crippen LogP) is 3.76. The molecule has 29 heavy (non-hydrogen) atoms. The van der Waals surface area contributed by atoms with Crippen molar-refractivity contribution in [2.45, 2.75) is 37.6 Å². The van der Waals surface area contributed by atoms with E-state index in [0.29, 0.717) is 0 Å². The summed E-state index contributed by atoms with van der Waals surface area (Å²) in [6, 6.07) is 3.96. The number of fused-ring (bicyclic) bond motifs is 3. The van der Waals surface area contributed by atoms with Crippen LogP contribution in [0.15, 0.2) is 24.5 Å². The van der Waals surface area contributed by atoms with Gasteiger partial charge in [-0.15, -0.1) is 11.3 Å². The second-order valence-corrected chi connectivity index (χ2v) is 9.34. The molecule has 0 unspecified atom stereocenters. The van der Waals surface area contributed by atoms with Crippen LogP contribution in [0.4, 0.5) is 5.82 Å². The number of anilines is 1. The molecule has 0 radical (unpaired) electrons. The average Bonchev–Trinajstić information content (AvgIpc) is 3.34. The number of likely N-dealkylation sites (N-methyl/N-ethyl adjacent to an activating group) is 1. The highest BCUT2D eigenvalue weighted by molar-refractivity contribution is 7.19. The zero-order valence-corrected chi connectivity index (χ0v) is 17.9. The standard InChI is InChI=1S/C22H27N5OS/c1-27(2)22(8-11-28-12-9-22)14-24-20-18-16-6-3-7-17(16)29-21(18)26-19(25-20)15-5-4-10-23-13-15/h4-5,10,13H,3,6-9,11-12,14H2,1-2H3,(H,24,25,26). The van der Waals surface area contributed by atoms with E-state index < -0.39 is 0 Å². The Labute approximate surface area is 175 Å². The Balaban J connectivity index is 1.56. The summed E-state index contributed by atoms with van der Waals surface area (Å²) in [5.74, 6) is 1.72. The number of pyridine rings is 1. The van der Waals surface area contributed by atoms with E-state index in [0.717, 1.165) is 67.5 Å². The van der Waals surface area contributed by atoms with E-state index in [1.165, 1.54) is 22.2 Å². The van der Waals surface area contributed by atoms with Crippen molar-refractivity contribution in [2.24, 2.45) is 0 Å². The van der Waals surface area contributed by atoms with Gasteiger partial charge >= 0.3 is 0 Å². The summed E-state index contributed by atoms with van der Waals surface area (Å²) in [6.45, 7) is 2.48. The first-order chi connectivity index (χ1) is 14.2. The Bertz CT molecular complexity index is 1010. The first-order valence-electron chi connectivity index (χ1n) is 10.4. The summed E-state index contributed by atoms with van der Waals surface area (Å²) in [5, 5.41) is 4.98. The Kier molecular flexibility index (Phi) is 4.97. The summed E-state index contributed by atoms with van der Waals surface area (Å²) in [6.07, 6.45) is 9.21. The number of thiophene rings is 1. The van der Waals surface area contributed by atoms with Gasteiger partial charge in [-0.3, -0.25) is 4.98 Å². The first kappa shape index (κ1) is 18.9. The van der Waals surface area contributed by atoms with Gasteiger partial charge in [-0.05, 0) is 63.9 Å². The second kappa shape index (κ2) is 7.63. The van der Waals surface area contributed by atoms with Crippen molar-refractivity contribution in [3.63, 3.8) is 0 Å². The van der Waals surface area contributed by atoms with Gasteiger partial charge in [0, 0.05) is 48.1 Å². The molecule has 1 fully saturated rings. The predicted molar refractivity (Wildman–Crippen MR) is 118 cm³/mol. The van der Waals surface area contributed by atoms with Gasteiger partial charge in [0.05, 0.1) is 5.39 Å². The molecule has 1 N–H and O–H groups in total. The highest BCUT2D eigenvalue weighted by atomic mass is 32.1. The largest absolute Gasteiger partial charge is 0.381 e. The van der Waals surface area contributed by atoms with Gasteiger partial charge in [0.15, 0.2) is 5.82 Å². The van der Waals surface area contributed by atoms with E-state index in [2.05, 4.69) is 29.3 Å². The minimum atomic E-state index is 0.0865. The van der Waals surface area contributed by atoms with Crippen LogP contribution in [0.2, 0.25) is 0 Å². The molecule has 0 atom stereocenters. The maximum atomic E-state index is 5.64. The van der Waals surface area contributed by atoms with Crippen LogP contribution in [-0.4, -0.2) is 59.2 Å². The average molecular weight is 410 g/mol. The molecule has 6 nitrogen and oxygen atoms in total. The lowest BCUT2D eigenvalue weighted by Gasteiger charge is -2.43. The lowest BCUT2D eigenvalue weighted by molar-refractivity contribution is -0.000650. The molecule has 0 amide bonds. The molecule has 1 aliphatic carbocycles. The van der Waals surface area contributed by atoms with Crippen LogP contribution < -0.4 is 5.32 Å². The van der Waals surface area contributed by atoms with E-state index in [-0.39, 0.29) is 5.54 Å². The Morgan fingerprint density at radius 3 is 2.83 bits per heavy atom. The number of hydrogen-bond acceptors (Lipinski definition) is 7. The molecule has 152 valence electrons. The first-order valence-corrected chi connectivity index (χ1v) is 11.2. The second-order valence-electron chi connectivity index (χ2n) is 8.26. The number of hydrogen-bond donors (Lipinski definition) is 1. The molecule has 4 heterocycles. The third kappa shape index (κ3) is 3.41. The molecule has 7 heteroatoms. The highest BCUT2D eigenvalue weighted by Gasteiger charge is 2.35. The van der Waals surface area contributed by atoms with E-state index in [4.69, 9.17) is 14.7 Å². The van der Waals surface area contributed by atoms with E-state index in [9.17, 15) is 0 Å². The van der Waals surface area contributed by atoms with Gasteiger partial charge < -0.3 is 15.0 Å². The zero-order chi connectivity index (χ0) is 19.8. The smallest absolute Gasteiger partial charge is 0.164 e. The summed E-state index contributed by atoms with van der Waals surface area (Å²) in [5.41, 5.74) is 2.50. The lowest BCUT2D eigenvalue weighted by Crippen LogP contribution is -2.53. The third-order valence-corrected chi connectivity index (χ3v) is 7.63. The third-order valence-electron chi connectivity index (χ3n) is 6.44. The molecule has 0 bridgehead atoms. The summed E-state index contributed by atoms with van der Waals surface area (Å²) in [7, 11) is 4.35. The molecule has 2 aliphatic rings. The maximum absolute atomic E-state index is 5.64. The number of nitrogens with zero attached hydrogens (tertiary/aromatic N) is 4. The highest BCUT2D eigenvalue weighted by Crippen LogP contribution is 2.40. The quantitative estimate of drug-likeness (QED) is 0.692. The summed E-state index contributed by atoms with van der Waals surface area (Å²) < 4.78 is 5.64. The van der Waals surface area contributed by atoms with Gasteiger partial charge in [0.25, 0.3) is 0 Å².